The van der Waals surface area contributed by atoms with Gasteiger partial charge in [-0.2, -0.15) is 5.01 Å². The summed E-state index contributed by atoms with van der Waals surface area (Å²) >= 11 is 1.42. The first kappa shape index (κ1) is 25.7. The van der Waals surface area contributed by atoms with Crippen molar-refractivity contribution in [1.82, 2.24) is 9.58 Å². The Labute approximate surface area is 232 Å². The van der Waals surface area contributed by atoms with E-state index in [4.69, 9.17) is 5.11 Å². The number of aliphatic hydroxyl groups is 1. The number of carbonyl (C=O) groups excluding carboxylic acids is 2. The zero-order chi connectivity index (χ0) is 25.5. The van der Waals surface area contributed by atoms with Crippen LogP contribution < -0.4 is 26.3 Å². The van der Waals surface area contributed by atoms with Gasteiger partial charge in [0.25, 0.3) is 11.8 Å². The van der Waals surface area contributed by atoms with Crippen LogP contribution in [-0.2, 0) is 13.6 Å². The number of hydrogen-bond acceptors (Lipinski definition) is 6. The highest BCUT2D eigenvalue weighted by Crippen LogP contribution is 2.35. The van der Waals surface area contributed by atoms with Crippen molar-refractivity contribution in [2.45, 2.75) is 6.54 Å². The van der Waals surface area contributed by atoms with Gasteiger partial charge >= 0.3 is 0 Å². The van der Waals surface area contributed by atoms with E-state index in [0.717, 1.165) is 26.2 Å². The average Bonchev–Trinajstić information content (AvgIpc) is 3.24. The third kappa shape index (κ3) is 4.36. The molecule has 2 aromatic heterocycles. The quantitative estimate of drug-likeness (QED) is 0.185. The van der Waals surface area contributed by atoms with Crippen molar-refractivity contribution in [3.05, 3.63) is 101 Å². The van der Waals surface area contributed by atoms with E-state index in [1.54, 1.807) is 30.5 Å². The molecule has 0 atom stereocenters. The van der Waals surface area contributed by atoms with Gasteiger partial charge in [-0.05, 0) is 30.3 Å². The number of aryl methyl sites for hydroxylation is 1. The number of amides is 2. The van der Waals surface area contributed by atoms with Gasteiger partial charge in [0.2, 0.25) is 4.80 Å². The fraction of sp³-hybridized carbons (Fsp3) is 0.107. The number of benzene rings is 3. The number of para-hydroxylation sites is 1. The summed E-state index contributed by atoms with van der Waals surface area (Å²) in [6.07, 6.45) is 5.49. The molecule has 3 aromatic carbocycles. The summed E-state index contributed by atoms with van der Waals surface area (Å²) in [6, 6.07) is 20.6. The molecule has 0 saturated carbocycles. The number of rotatable bonds is 5. The van der Waals surface area contributed by atoms with Gasteiger partial charge in [-0.3, -0.25) is 14.6 Å². The Morgan fingerprint density at radius 1 is 0.947 bits per heavy atom. The second kappa shape index (κ2) is 10.4. The number of carbonyl (C=O) groups is 2. The van der Waals surface area contributed by atoms with E-state index in [-0.39, 0.29) is 23.6 Å². The number of imide groups is 1. The number of nitrogens with zero attached hydrogens (tertiary/aromatic N) is 5. The first-order chi connectivity index (χ1) is 18.0. The van der Waals surface area contributed by atoms with E-state index in [1.807, 2.05) is 71.0 Å². The van der Waals surface area contributed by atoms with Crippen LogP contribution in [0.1, 0.15) is 26.3 Å². The van der Waals surface area contributed by atoms with Gasteiger partial charge < -0.3 is 26.7 Å². The van der Waals surface area contributed by atoms with Gasteiger partial charge in [0, 0.05) is 41.7 Å². The van der Waals surface area contributed by atoms with Crippen molar-refractivity contribution in [3.63, 3.8) is 0 Å². The molecule has 3 heterocycles. The van der Waals surface area contributed by atoms with Gasteiger partial charge in [0.15, 0.2) is 18.9 Å². The summed E-state index contributed by atoms with van der Waals surface area (Å²) in [5, 5.41) is 15.9. The molecule has 0 bridgehead atoms. The largest absolute Gasteiger partial charge is 1.00 e. The standard InChI is InChI=1S/C28H22N5O3S.BrH/c1-31-23-7-2-3-8-24(23)37-28(31)30-33-26(35)20-6-4-5-19-22(10-9-21(25(19)20)27(33)36)29-17-18-11-13-32(14-12-18)15-16-34;/h2-14,17,34H,15-16H2,1H3;1H/q+1;/p-1/b29-17+,30-28-;. The lowest BCUT2D eigenvalue weighted by Crippen LogP contribution is -3.00. The van der Waals surface area contributed by atoms with Crippen LogP contribution >= 0.6 is 11.3 Å². The molecule has 190 valence electrons. The van der Waals surface area contributed by atoms with E-state index in [1.165, 1.54) is 11.3 Å². The van der Waals surface area contributed by atoms with Crippen LogP contribution in [0.25, 0.3) is 21.0 Å². The highest BCUT2D eigenvalue weighted by Gasteiger charge is 2.33. The lowest BCUT2D eigenvalue weighted by Gasteiger charge is -2.23. The smallest absolute Gasteiger partial charge is 0.282 e. The number of aliphatic hydroxyl groups excluding tert-OH is 1. The molecule has 2 amide bonds. The summed E-state index contributed by atoms with van der Waals surface area (Å²) in [5.41, 5.74) is 3.37. The molecule has 6 rings (SSSR count). The van der Waals surface area contributed by atoms with Crippen LogP contribution in [0.4, 0.5) is 5.69 Å². The maximum atomic E-state index is 13.5. The Balaban J connectivity index is 0.00000294. The normalized spacial score (nSPS) is 13.6. The third-order valence-corrected chi connectivity index (χ3v) is 7.49. The molecule has 5 aromatic rings. The van der Waals surface area contributed by atoms with Crippen LogP contribution in [-0.4, -0.2) is 39.3 Å². The van der Waals surface area contributed by atoms with Gasteiger partial charge in [-0.25, -0.2) is 4.57 Å². The van der Waals surface area contributed by atoms with E-state index < -0.39 is 11.8 Å². The minimum Gasteiger partial charge on any atom is -1.00 e. The summed E-state index contributed by atoms with van der Waals surface area (Å²) in [5.74, 6) is -0.920. The zero-order valence-electron chi connectivity index (χ0n) is 20.3. The monoisotopic (exact) mass is 587 g/mol. The summed E-state index contributed by atoms with van der Waals surface area (Å²) in [7, 11) is 1.87. The van der Waals surface area contributed by atoms with Crippen molar-refractivity contribution in [1.29, 1.82) is 0 Å². The molecule has 8 nitrogen and oxygen atoms in total. The minimum atomic E-state index is -0.460. The molecule has 0 radical (unpaired) electrons. The lowest BCUT2D eigenvalue weighted by molar-refractivity contribution is -0.698. The Morgan fingerprint density at radius 2 is 1.68 bits per heavy atom. The molecule has 1 aliphatic heterocycles. The Morgan fingerprint density at radius 3 is 2.42 bits per heavy atom. The van der Waals surface area contributed by atoms with Crippen molar-refractivity contribution in [2.75, 3.05) is 6.61 Å². The summed E-state index contributed by atoms with van der Waals surface area (Å²) in [4.78, 5) is 32.1. The lowest BCUT2D eigenvalue weighted by atomic mass is 9.94. The fourth-order valence-corrected chi connectivity index (χ4v) is 5.51. The number of pyridine rings is 1. The third-order valence-electron chi connectivity index (χ3n) is 6.39. The maximum absolute atomic E-state index is 13.5. The van der Waals surface area contributed by atoms with Crippen LogP contribution in [0.5, 0.6) is 0 Å². The molecule has 1 N–H and O–H groups in total. The molecular weight excluding hydrogens is 566 g/mol. The molecule has 0 saturated heterocycles. The molecular formula is C28H22BrN5O3S. The van der Waals surface area contributed by atoms with E-state index in [9.17, 15) is 9.59 Å². The van der Waals surface area contributed by atoms with Crippen LogP contribution in [0, 0.1) is 0 Å². The SMILES string of the molecule is Cn1/c(=N/N2C(=O)c3cccc4c(/N=C/c5cc[n+](CCO)cc5)ccc(c34)C2=O)sc2ccccc21.[Br-]. The highest BCUT2D eigenvalue weighted by atomic mass is 79.9. The van der Waals surface area contributed by atoms with Gasteiger partial charge in [0.1, 0.15) is 6.61 Å². The fourth-order valence-electron chi connectivity index (χ4n) is 4.50. The minimum absolute atomic E-state index is 0. The second-order valence-electron chi connectivity index (χ2n) is 8.64. The number of halogens is 1. The molecule has 10 heteroatoms. The van der Waals surface area contributed by atoms with E-state index >= 15 is 0 Å². The van der Waals surface area contributed by atoms with Crippen molar-refractivity contribution >= 4 is 56.0 Å². The van der Waals surface area contributed by atoms with Crippen molar-refractivity contribution in [3.8, 4) is 0 Å². The molecule has 1 aliphatic rings. The number of aliphatic imine (C=N–C) groups is 1. The predicted octanol–water partition coefficient (Wildman–Crippen LogP) is 0.539. The Kier molecular flexibility index (Phi) is 7.02. The molecule has 0 spiro atoms. The maximum Gasteiger partial charge on any atom is 0.282 e. The first-order valence-electron chi connectivity index (χ1n) is 11.7. The second-order valence-corrected chi connectivity index (χ2v) is 9.65. The molecule has 38 heavy (non-hydrogen) atoms. The topological polar surface area (TPSA) is 91.1 Å². The van der Waals surface area contributed by atoms with E-state index in [0.29, 0.717) is 33.5 Å². The van der Waals surface area contributed by atoms with Crippen LogP contribution in [0.3, 0.4) is 0 Å². The van der Waals surface area contributed by atoms with Gasteiger partial charge in [0.05, 0.1) is 27.0 Å². The summed E-state index contributed by atoms with van der Waals surface area (Å²) in [6.45, 7) is 0.599. The Bertz CT molecular complexity index is 1790. The van der Waals surface area contributed by atoms with E-state index in [2.05, 4.69) is 10.1 Å². The Hall–Kier alpha value is -3.99. The summed E-state index contributed by atoms with van der Waals surface area (Å²) < 4.78 is 4.78. The van der Waals surface area contributed by atoms with Crippen molar-refractivity contribution in [2.24, 2.45) is 17.1 Å². The van der Waals surface area contributed by atoms with Crippen LogP contribution in [0.15, 0.2) is 89.2 Å². The van der Waals surface area contributed by atoms with Crippen LogP contribution in [0.2, 0.25) is 0 Å². The molecule has 0 fully saturated rings. The average molecular weight is 588 g/mol. The zero-order valence-corrected chi connectivity index (χ0v) is 22.7. The van der Waals surface area contributed by atoms with Crippen molar-refractivity contribution < 1.29 is 36.2 Å². The number of hydrogen-bond donors (Lipinski definition) is 1. The number of fused-ring (bicyclic) bond motifs is 1. The predicted molar refractivity (Wildman–Crippen MR) is 142 cm³/mol. The molecule has 0 aliphatic carbocycles. The van der Waals surface area contributed by atoms with Gasteiger partial charge in [-0.15, -0.1) is 5.10 Å². The first-order valence-corrected chi connectivity index (χ1v) is 12.5. The number of aromatic nitrogens is 2. The highest BCUT2D eigenvalue weighted by molar-refractivity contribution is 7.16. The number of thiazole rings is 1. The molecule has 0 unspecified atom stereocenters. The van der Waals surface area contributed by atoms with Gasteiger partial charge in [-0.1, -0.05) is 35.6 Å².